The molecule has 0 spiro atoms. The second kappa shape index (κ2) is 7.35. The van der Waals surface area contributed by atoms with Crippen molar-refractivity contribution >= 4 is 28.5 Å². The Morgan fingerprint density at radius 3 is 2.52 bits per heavy atom. The maximum absolute atomic E-state index is 12.0. The number of aliphatic hydroxyl groups is 2. The maximum Gasteiger partial charge on any atom is 0.573 e. The van der Waals surface area contributed by atoms with Gasteiger partial charge in [0.1, 0.15) is 11.9 Å². The first-order chi connectivity index (χ1) is 9.60. The molecular weight excluding hydrogens is 333 g/mol. The molecule has 0 aliphatic rings. The van der Waals surface area contributed by atoms with Gasteiger partial charge in [0, 0.05) is 18.2 Å². The molecule has 0 fully saturated rings. The summed E-state index contributed by atoms with van der Waals surface area (Å²) < 4.78 is 39.8. The number of carbonyl (C=O) groups excluding carboxylic acids is 1. The normalized spacial score (nSPS) is 14.6. The lowest BCUT2D eigenvalue weighted by Crippen LogP contribution is -2.22. The number of aliphatic hydroxyl groups excluding tert-OH is 2. The Bertz CT molecular complexity index is 510. The standard InChI is InChI=1S/C12H12ClF3O4S/c1-6(17)21-5-10(18)11(19)8-3-2-7(4-9(8)13)20-12(14,15)16/h2-4,10-11,18-19H,5H2,1H3. The van der Waals surface area contributed by atoms with Crippen LogP contribution in [0.3, 0.4) is 0 Å². The predicted molar refractivity (Wildman–Crippen MR) is 72.2 cm³/mol. The van der Waals surface area contributed by atoms with Gasteiger partial charge in [-0.05, 0) is 12.1 Å². The summed E-state index contributed by atoms with van der Waals surface area (Å²) in [6.45, 7) is 1.31. The van der Waals surface area contributed by atoms with Crippen LogP contribution in [0.2, 0.25) is 5.02 Å². The van der Waals surface area contributed by atoms with E-state index in [4.69, 9.17) is 11.6 Å². The van der Waals surface area contributed by atoms with Gasteiger partial charge in [-0.25, -0.2) is 0 Å². The Balaban J connectivity index is 2.81. The summed E-state index contributed by atoms with van der Waals surface area (Å²) in [5, 5.41) is 19.2. The molecule has 2 unspecified atom stereocenters. The van der Waals surface area contributed by atoms with Crippen molar-refractivity contribution in [2.24, 2.45) is 0 Å². The number of hydrogen-bond donors (Lipinski definition) is 2. The van der Waals surface area contributed by atoms with E-state index in [1.807, 2.05) is 0 Å². The SMILES string of the molecule is CC(=O)SCC(O)C(O)c1ccc(OC(F)(F)F)cc1Cl. The fourth-order valence-electron chi connectivity index (χ4n) is 1.45. The van der Waals surface area contributed by atoms with E-state index in [9.17, 15) is 28.2 Å². The van der Waals surface area contributed by atoms with Crippen LogP contribution >= 0.6 is 23.4 Å². The number of alkyl halides is 3. The van der Waals surface area contributed by atoms with Crippen LogP contribution in [-0.2, 0) is 4.79 Å². The molecule has 2 N–H and O–H groups in total. The van der Waals surface area contributed by atoms with Crippen LogP contribution in [0.5, 0.6) is 5.75 Å². The van der Waals surface area contributed by atoms with Crippen LogP contribution < -0.4 is 4.74 Å². The summed E-state index contributed by atoms with van der Waals surface area (Å²) in [5.41, 5.74) is 0.0443. The molecule has 0 amide bonds. The first-order valence-corrected chi connectivity index (χ1v) is 7.01. The first-order valence-electron chi connectivity index (χ1n) is 5.65. The van der Waals surface area contributed by atoms with E-state index < -0.39 is 24.3 Å². The molecule has 0 aliphatic heterocycles. The van der Waals surface area contributed by atoms with E-state index in [1.54, 1.807) is 0 Å². The van der Waals surface area contributed by atoms with Crippen LogP contribution in [0.15, 0.2) is 18.2 Å². The number of benzene rings is 1. The highest BCUT2D eigenvalue weighted by atomic mass is 35.5. The molecule has 0 aliphatic carbocycles. The highest BCUT2D eigenvalue weighted by Gasteiger charge is 2.31. The van der Waals surface area contributed by atoms with Crippen molar-refractivity contribution in [2.45, 2.75) is 25.5 Å². The van der Waals surface area contributed by atoms with Crippen molar-refractivity contribution in [3.8, 4) is 5.75 Å². The van der Waals surface area contributed by atoms with Crippen molar-refractivity contribution in [3.05, 3.63) is 28.8 Å². The molecule has 2 atom stereocenters. The third-order valence-electron chi connectivity index (χ3n) is 2.35. The van der Waals surface area contributed by atoms with E-state index >= 15 is 0 Å². The van der Waals surface area contributed by atoms with Gasteiger partial charge in [-0.3, -0.25) is 4.79 Å². The van der Waals surface area contributed by atoms with Gasteiger partial charge < -0.3 is 14.9 Å². The smallest absolute Gasteiger partial charge is 0.406 e. The molecule has 9 heteroatoms. The summed E-state index contributed by atoms with van der Waals surface area (Å²) in [7, 11) is 0. The van der Waals surface area contributed by atoms with Crippen LogP contribution in [-0.4, -0.2) is 33.5 Å². The molecule has 4 nitrogen and oxygen atoms in total. The summed E-state index contributed by atoms with van der Waals surface area (Å²) in [6, 6.07) is 2.98. The second-order valence-corrected chi connectivity index (χ2v) is 5.65. The number of halogens is 4. The molecular formula is C12H12ClF3O4S. The highest BCUT2D eigenvalue weighted by molar-refractivity contribution is 8.13. The Labute approximate surface area is 127 Å². The van der Waals surface area contributed by atoms with Gasteiger partial charge in [-0.2, -0.15) is 0 Å². The molecule has 0 radical (unpaired) electrons. The average molecular weight is 345 g/mol. The Morgan fingerprint density at radius 2 is 2.05 bits per heavy atom. The quantitative estimate of drug-likeness (QED) is 0.859. The van der Waals surface area contributed by atoms with Gasteiger partial charge in [0.2, 0.25) is 0 Å². The number of hydrogen-bond acceptors (Lipinski definition) is 5. The zero-order chi connectivity index (χ0) is 16.2. The molecule has 1 aromatic carbocycles. The molecule has 21 heavy (non-hydrogen) atoms. The van der Waals surface area contributed by atoms with Crippen molar-refractivity contribution in [3.63, 3.8) is 0 Å². The Hall–Kier alpha value is -0.960. The minimum Gasteiger partial charge on any atom is -0.406 e. The molecule has 0 saturated heterocycles. The lowest BCUT2D eigenvalue weighted by atomic mass is 10.1. The van der Waals surface area contributed by atoms with Crippen molar-refractivity contribution < 1.29 is 32.9 Å². The van der Waals surface area contributed by atoms with Crippen LogP contribution in [0, 0.1) is 0 Å². The summed E-state index contributed by atoms with van der Waals surface area (Å²) in [5.74, 6) is -0.593. The third-order valence-corrected chi connectivity index (χ3v) is 3.59. The molecule has 118 valence electrons. The number of rotatable bonds is 5. The van der Waals surface area contributed by atoms with Gasteiger partial charge >= 0.3 is 6.36 Å². The van der Waals surface area contributed by atoms with E-state index in [2.05, 4.69) is 4.74 Å². The van der Waals surface area contributed by atoms with Crippen molar-refractivity contribution in [1.82, 2.24) is 0 Å². The fourth-order valence-corrected chi connectivity index (χ4v) is 2.32. The Morgan fingerprint density at radius 1 is 1.43 bits per heavy atom. The first kappa shape index (κ1) is 18.1. The zero-order valence-corrected chi connectivity index (χ0v) is 12.3. The number of thioether (sulfide) groups is 1. The van der Waals surface area contributed by atoms with Gasteiger partial charge in [0.05, 0.1) is 11.1 Å². The van der Waals surface area contributed by atoms with Gasteiger partial charge in [-0.15, -0.1) is 13.2 Å². The third kappa shape index (κ3) is 6.13. The fraction of sp³-hybridized carbons (Fsp3) is 0.417. The van der Waals surface area contributed by atoms with E-state index in [1.165, 1.54) is 6.92 Å². The summed E-state index contributed by atoms with van der Waals surface area (Å²) >= 11 is 6.58. The lowest BCUT2D eigenvalue weighted by Gasteiger charge is -2.19. The van der Waals surface area contributed by atoms with Gasteiger partial charge in [0.25, 0.3) is 0 Å². The summed E-state index contributed by atoms with van der Waals surface area (Å²) in [6.07, 6.45) is -7.56. The minimum absolute atomic E-state index is 0.0443. The highest BCUT2D eigenvalue weighted by Crippen LogP contribution is 2.32. The zero-order valence-electron chi connectivity index (χ0n) is 10.7. The van der Waals surface area contributed by atoms with E-state index in [0.29, 0.717) is 0 Å². The van der Waals surface area contributed by atoms with Crippen LogP contribution in [0.1, 0.15) is 18.6 Å². The number of carbonyl (C=O) groups is 1. The van der Waals surface area contributed by atoms with Gasteiger partial charge in [0.15, 0.2) is 5.12 Å². The van der Waals surface area contributed by atoms with Crippen molar-refractivity contribution in [2.75, 3.05) is 5.75 Å². The van der Waals surface area contributed by atoms with E-state index in [-0.39, 0.29) is 21.5 Å². The monoisotopic (exact) mass is 344 g/mol. The van der Waals surface area contributed by atoms with Crippen LogP contribution in [0.25, 0.3) is 0 Å². The van der Waals surface area contributed by atoms with Crippen molar-refractivity contribution in [1.29, 1.82) is 0 Å². The van der Waals surface area contributed by atoms with E-state index in [0.717, 1.165) is 30.0 Å². The molecule has 1 rings (SSSR count). The largest absolute Gasteiger partial charge is 0.573 e. The lowest BCUT2D eigenvalue weighted by molar-refractivity contribution is -0.274. The summed E-state index contributed by atoms with van der Waals surface area (Å²) in [4.78, 5) is 10.8. The topological polar surface area (TPSA) is 66.8 Å². The predicted octanol–water partition coefficient (Wildman–Crippen LogP) is 2.91. The number of ether oxygens (including phenoxy) is 1. The molecule has 0 bridgehead atoms. The minimum atomic E-state index is -4.85. The molecule has 0 aromatic heterocycles. The molecule has 1 aromatic rings. The second-order valence-electron chi connectivity index (χ2n) is 4.05. The van der Waals surface area contributed by atoms with Crippen LogP contribution in [0.4, 0.5) is 13.2 Å². The average Bonchev–Trinajstić information content (AvgIpc) is 2.33. The Kier molecular flexibility index (Phi) is 6.33. The van der Waals surface area contributed by atoms with Gasteiger partial charge in [-0.1, -0.05) is 29.4 Å². The molecule has 0 heterocycles. The molecule has 0 saturated carbocycles. The maximum atomic E-state index is 12.0.